The third kappa shape index (κ3) is 2.54. The van der Waals surface area contributed by atoms with Crippen LogP contribution in [0.15, 0.2) is 11.0 Å². The van der Waals surface area contributed by atoms with E-state index in [2.05, 4.69) is 4.98 Å². The van der Waals surface area contributed by atoms with E-state index in [9.17, 15) is 26.7 Å². The van der Waals surface area contributed by atoms with Crippen molar-refractivity contribution in [3.63, 3.8) is 0 Å². The van der Waals surface area contributed by atoms with Crippen molar-refractivity contribution in [1.82, 2.24) is 9.55 Å². The van der Waals surface area contributed by atoms with Crippen LogP contribution in [-0.2, 0) is 10.9 Å². The fourth-order valence-electron chi connectivity index (χ4n) is 2.14. The molecule has 0 amide bonds. The zero-order valence-corrected chi connectivity index (χ0v) is 11.1. The molecule has 0 aliphatic carbocycles. The Balaban J connectivity index is 2.52. The number of rotatable bonds is 2. The summed E-state index contributed by atoms with van der Waals surface area (Å²) in [5.74, 6) is -1.08. The molecule has 4 atom stereocenters. The minimum Gasteiger partial charge on any atom is -0.394 e. The fourth-order valence-corrected chi connectivity index (χ4v) is 2.14. The highest BCUT2D eigenvalue weighted by Gasteiger charge is 2.56. The third-order valence-electron chi connectivity index (χ3n) is 3.45. The van der Waals surface area contributed by atoms with Crippen LogP contribution < -0.4 is 11.4 Å². The Morgan fingerprint density at radius 1 is 1.55 bits per heavy atom. The first kappa shape index (κ1) is 16.6. The van der Waals surface area contributed by atoms with Gasteiger partial charge in [0.1, 0.15) is 17.5 Å². The molecule has 1 fully saturated rings. The van der Waals surface area contributed by atoms with Crippen molar-refractivity contribution >= 4 is 5.82 Å². The first-order valence-corrected chi connectivity index (χ1v) is 6.05. The molecule has 11 heteroatoms. The van der Waals surface area contributed by atoms with Gasteiger partial charge in [0.25, 0.3) is 0 Å². The van der Waals surface area contributed by atoms with E-state index in [1.54, 1.807) is 0 Å². The molecule has 1 aromatic rings. The van der Waals surface area contributed by atoms with Gasteiger partial charge in [-0.05, 0) is 6.92 Å². The maximum absolute atomic E-state index is 14.1. The highest BCUT2D eigenvalue weighted by Crippen LogP contribution is 2.42. The van der Waals surface area contributed by atoms with Crippen LogP contribution in [0, 0.1) is 0 Å². The summed E-state index contributed by atoms with van der Waals surface area (Å²) in [6.07, 6.45) is -10.8. The van der Waals surface area contributed by atoms with E-state index in [0.29, 0.717) is 0 Å². The minimum absolute atomic E-state index is 0.178. The lowest BCUT2D eigenvalue weighted by Crippen LogP contribution is -2.40. The smallest absolute Gasteiger partial charge is 0.394 e. The molecule has 0 radical (unpaired) electrons. The van der Waals surface area contributed by atoms with Crippen molar-refractivity contribution in [2.45, 2.75) is 37.3 Å². The second kappa shape index (κ2) is 5.16. The second-order valence-corrected chi connectivity index (χ2v) is 4.98. The molecule has 1 aliphatic rings. The molecule has 124 valence electrons. The number of aromatic nitrogens is 2. The lowest BCUT2D eigenvalue weighted by molar-refractivity contribution is -0.138. The van der Waals surface area contributed by atoms with Crippen LogP contribution >= 0.6 is 0 Å². The summed E-state index contributed by atoms with van der Waals surface area (Å²) in [4.78, 5) is 14.6. The van der Waals surface area contributed by atoms with E-state index in [-0.39, 0.29) is 10.8 Å². The third-order valence-corrected chi connectivity index (χ3v) is 3.45. The van der Waals surface area contributed by atoms with Gasteiger partial charge in [0.2, 0.25) is 0 Å². The van der Waals surface area contributed by atoms with Crippen molar-refractivity contribution in [3.05, 3.63) is 22.2 Å². The highest BCUT2D eigenvalue weighted by atomic mass is 19.4. The van der Waals surface area contributed by atoms with Gasteiger partial charge in [-0.3, -0.25) is 4.57 Å². The first-order chi connectivity index (χ1) is 10.00. The molecule has 1 aliphatic heterocycles. The van der Waals surface area contributed by atoms with E-state index in [0.717, 1.165) is 6.92 Å². The monoisotopic (exact) mass is 329 g/mol. The lowest BCUT2D eigenvalue weighted by Gasteiger charge is -2.20. The summed E-state index contributed by atoms with van der Waals surface area (Å²) in [6, 6.07) is 0. The molecule has 0 bridgehead atoms. The zero-order chi connectivity index (χ0) is 16.9. The number of aliphatic hydroxyl groups is 1. The molecule has 2 heterocycles. The SMILES string of the molecule is CC1(F)C(CO)OC(n2cc(C(F)(F)F)c(N)nc2=O)C1F. The van der Waals surface area contributed by atoms with Crippen LogP contribution in [0.4, 0.5) is 27.8 Å². The Morgan fingerprint density at radius 3 is 2.59 bits per heavy atom. The number of nitrogens with zero attached hydrogens (tertiary/aromatic N) is 2. The van der Waals surface area contributed by atoms with Crippen LogP contribution in [-0.4, -0.2) is 39.2 Å². The van der Waals surface area contributed by atoms with Gasteiger partial charge >= 0.3 is 11.9 Å². The van der Waals surface area contributed by atoms with Crippen molar-refractivity contribution in [1.29, 1.82) is 0 Å². The summed E-state index contributed by atoms with van der Waals surface area (Å²) in [7, 11) is 0. The molecular formula is C11H12F5N3O3. The zero-order valence-electron chi connectivity index (χ0n) is 11.1. The van der Waals surface area contributed by atoms with Crippen LogP contribution in [0.3, 0.4) is 0 Å². The van der Waals surface area contributed by atoms with Crippen LogP contribution in [0.25, 0.3) is 0 Å². The number of aliphatic hydroxyl groups excluding tert-OH is 1. The largest absolute Gasteiger partial charge is 0.421 e. The Kier molecular flexibility index (Phi) is 3.90. The average Bonchev–Trinajstić information content (AvgIpc) is 2.60. The van der Waals surface area contributed by atoms with Gasteiger partial charge in [0.15, 0.2) is 18.1 Å². The summed E-state index contributed by atoms with van der Waals surface area (Å²) in [5, 5.41) is 8.95. The summed E-state index contributed by atoms with van der Waals surface area (Å²) >= 11 is 0. The van der Waals surface area contributed by atoms with Gasteiger partial charge in [-0.15, -0.1) is 0 Å². The number of nitrogen functional groups attached to an aromatic ring is 1. The number of anilines is 1. The van der Waals surface area contributed by atoms with E-state index in [1.165, 1.54) is 0 Å². The first-order valence-electron chi connectivity index (χ1n) is 6.05. The number of alkyl halides is 5. The maximum Gasteiger partial charge on any atom is 0.421 e. The number of hydrogen-bond donors (Lipinski definition) is 2. The maximum atomic E-state index is 14.1. The van der Waals surface area contributed by atoms with Crippen LogP contribution in [0.2, 0.25) is 0 Å². The van der Waals surface area contributed by atoms with Gasteiger partial charge in [-0.2, -0.15) is 18.2 Å². The molecule has 4 unspecified atom stereocenters. The van der Waals surface area contributed by atoms with Crippen LogP contribution in [0.5, 0.6) is 0 Å². The lowest BCUT2D eigenvalue weighted by atomic mass is 9.98. The molecule has 0 aromatic carbocycles. The molecule has 0 saturated carbocycles. The Labute approximate surface area is 120 Å². The fraction of sp³-hybridized carbons (Fsp3) is 0.636. The number of hydrogen-bond acceptors (Lipinski definition) is 5. The summed E-state index contributed by atoms with van der Waals surface area (Å²) in [6.45, 7) is -0.133. The second-order valence-electron chi connectivity index (χ2n) is 4.98. The van der Waals surface area contributed by atoms with Crippen LogP contribution in [0.1, 0.15) is 18.7 Å². The Hall–Kier alpha value is -1.75. The predicted octanol–water partition coefficient (Wildman–Crippen LogP) is 0.800. The van der Waals surface area contributed by atoms with E-state index >= 15 is 0 Å². The van der Waals surface area contributed by atoms with Crippen molar-refractivity contribution < 1.29 is 31.8 Å². The molecule has 22 heavy (non-hydrogen) atoms. The van der Waals surface area contributed by atoms with E-state index in [4.69, 9.17) is 15.6 Å². The van der Waals surface area contributed by atoms with Gasteiger partial charge in [0, 0.05) is 6.20 Å². The molecule has 0 spiro atoms. The standard InChI is InChI=1S/C11H12F5N3O3/c1-10(13)5(3-20)22-8(6(10)12)19-2-4(11(14,15)16)7(17)18-9(19)21/h2,5-6,8,20H,3H2,1H3,(H2,17,18,21). The molecule has 3 N–H and O–H groups in total. The van der Waals surface area contributed by atoms with Gasteiger partial charge in [-0.25, -0.2) is 13.6 Å². The van der Waals surface area contributed by atoms with Crippen molar-refractivity contribution in [3.8, 4) is 0 Å². The number of ether oxygens (including phenoxy) is 1. The summed E-state index contributed by atoms with van der Waals surface area (Å²) in [5.41, 5.74) is -0.461. The van der Waals surface area contributed by atoms with Gasteiger partial charge < -0.3 is 15.6 Å². The van der Waals surface area contributed by atoms with Crippen molar-refractivity contribution in [2.24, 2.45) is 0 Å². The molecular weight excluding hydrogens is 317 g/mol. The van der Waals surface area contributed by atoms with Gasteiger partial charge in [-0.1, -0.05) is 0 Å². The molecule has 1 aromatic heterocycles. The minimum atomic E-state index is -4.94. The van der Waals surface area contributed by atoms with Gasteiger partial charge in [0.05, 0.1) is 6.61 Å². The highest BCUT2D eigenvalue weighted by molar-refractivity contribution is 5.39. The predicted molar refractivity (Wildman–Crippen MR) is 63.3 cm³/mol. The normalized spacial score (nSPS) is 32.4. The average molecular weight is 329 g/mol. The van der Waals surface area contributed by atoms with E-state index in [1.807, 2.05) is 0 Å². The number of nitrogens with two attached hydrogens (primary N) is 1. The number of halogens is 5. The molecule has 2 rings (SSSR count). The molecule has 6 nitrogen and oxygen atoms in total. The Morgan fingerprint density at radius 2 is 2.14 bits per heavy atom. The molecule has 1 saturated heterocycles. The van der Waals surface area contributed by atoms with Crippen molar-refractivity contribution in [2.75, 3.05) is 12.3 Å². The Bertz CT molecular complexity index is 630. The van der Waals surface area contributed by atoms with E-state index < -0.39 is 54.0 Å². The summed E-state index contributed by atoms with van der Waals surface area (Å²) < 4.78 is 71.5. The topological polar surface area (TPSA) is 90.4 Å². The quantitative estimate of drug-likeness (QED) is 0.784.